The molecule has 1 unspecified atom stereocenters. The minimum atomic E-state index is -0.539. The van der Waals surface area contributed by atoms with E-state index < -0.39 is 7.53 Å². The van der Waals surface area contributed by atoms with Gasteiger partial charge < -0.3 is 0 Å². The van der Waals surface area contributed by atoms with E-state index >= 15 is 0 Å². The molecule has 1 heterocycles. The molecule has 0 N–H and O–H groups in total. The maximum atomic E-state index is 2.54. The molecular weight excluding hydrogens is 608 g/mol. The van der Waals surface area contributed by atoms with Gasteiger partial charge in [-0.15, -0.1) is 0 Å². The Bertz CT molecular complexity index is 2680. The third-order valence-corrected chi connectivity index (χ3v) is 13.9. The number of hydrogen-bond acceptors (Lipinski definition) is 0. The van der Waals surface area contributed by atoms with E-state index in [9.17, 15) is 0 Å². The molecule has 0 amide bonds. The van der Waals surface area contributed by atoms with Gasteiger partial charge in [0, 0.05) is 15.8 Å². The largest absolute Gasteiger partial charge is 0.0833 e. The first-order valence-electron chi connectivity index (χ1n) is 17.6. The molecule has 2 aliphatic rings. The van der Waals surface area contributed by atoms with E-state index in [0.29, 0.717) is 0 Å². The molecule has 0 aliphatic heterocycles. The average molecular weight is 645 g/mol. The molecule has 234 valence electrons. The lowest BCUT2D eigenvalue weighted by molar-refractivity contribution is 0.660. The first-order valence-corrected chi connectivity index (χ1v) is 18.9. The molecule has 8 aromatic rings. The van der Waals surface area contributed by atoms with Crippen LogP contribution in [0.5, 0.6) is 0 Å². The van der Waals surface area contributed by atoms with Crippen molar-refractivity contribution >= 4 is 45.7 Å². The van der Waals surface area contributed by atoms with Gasteiger partial charge in [-0.2, -0.15) is 0 Å². The summed E-state index contributed by atoms with van der Waals surface area (Å²) in [6.07, 6.45) is 7.04. The highest BCUT2D eigenvalue weighted by molar-refractivity contribution is 7.64. The summed E-state index contributed by atoms with van der Waals surface area (Å²) >= 11 is 0. The predicted molar refractivity (Wildman–Crippen MR) is 214 cm³/mol. The van der Waals surface area contributed by atoms with Crippen LogP contribution in [0.2, 0.25) is 0 Å². The monoisotopic (exact) mass is 644 g/mol. The summed E-state index contributed by atoms with van der Waals surface area (Å²) in [5.41, 5.74) is 13.7. The van der Waals surface area contributed by atoms with Gasteiger partial charge in [-0.25, -0.2) is 0 Å². The Morgan fingerprint density at radius 1 is 0.551 bits per heavy atom. The van der Waals surface area contributed by atoms with Crippen molar-refractivity contribution in [3.05, 3.63) is 167 Å². The Hall–Kier alpha value is -5.16. The first-order chi connectivity index (χ1) is 24.0. The van der Waals surface area contributed by atoms with Crippen LogP contribution in [0.3, 0.4) is 0 Å². The van der Waals surface area contributed by atoms with Gasteiger partial charge in [0.2, 0.25) is 0 Å². The predicted octanol–water partition coefficient (Wildman–Crippen LogP) is 14.0. The van der Waals surface area contributed by atoms with Crippen molar-refractivity contribution in [1.82, 2.24) is 0 Å². The highest BCUT2D eigenvalue weighted by atomic mass is 31.1. The van der Waals surface area contributed by atoms with E-state index in [1.807, 2.05) is 0 Å². The average Bonchev–Trinajstić information content (AvgIpc) is 3.59. The van der Waals surface area contributed by atoms with E-state index in [1.54, 1.807) is 10.9 Å². The molecule has 1 atom stereocenters. The van der Waals surface area contributed by atoms with Crippen molar-refractivity contribution in [2.24, 2.45) is 0 Å². The number of benzene rings is 7. The lowest BCUT2D eigenvalue weighted by Gasteiger charge is -2.23. The first kappa shape index (κ1) is 28.8. The van der Waals surface area contributed by atoms with Crippen LogP contribution in [0.1, 0.15) is 47.8 Å². The Labute approximate surface area is 289 Å². The van der Waals surface area contributed by atoms with Gasteiger partial charge in [0.25, 0.3) is 0 Å². The lowest BCUT2D eigenvalue weighted by atomic mass is 9.80. The molecule has 0 spiro atoms. The fourth-order valence-corrected chi connectivity index (χ4v) is 11.7. The zero-order valence-corrected chi connectivity index (χ0v) is 29.1. The topological polar surface area (TPSA) is 0 Å². The van der Waals surface area contributed by atoms with Crippen molar-refractivity contribution in [1.29, 1.82) is 0 Å². The van der Waals surface area contributed by atoms with Crippen LogP contribution in [0, 0.1) is 6.92 Å². The molecule has 0 nitrogen and oxygen atoms in total. The second-order valence-electron chi connectivity index (χ2n) is 14.5. The van der Waals surface area contributed by atoms with Crippen LogP contribution in [-0.2, 0) is 11.8 Å². The van der Waals surface area contributed by atoms with E-state index in [2.05, 4.69) is 166 Å². The number of allylic oxidation sites excluding steroid dienone is 1. The summed E-state index contributed by atoms with van der Waals surface area (Å²) in [4.78, 5) is 0. The molecule has 49 heavy (non-hydrogen) atoms. The molecular formula is C48H37P. The molecule has 0 bridgehead atoms. The smallest absolute Gasteiger partial charge is 0.0159 e. The Kier molecular flexibility index (Phi) is 6.27. The van der Waals surface area contributed by atoms with Gasteiger partial charge in [0.1, 0.15) is 0 Å². The molecule has 0 saturated carbocycles. The van der Waals surface area contributed by atoms with Crippen molar-refractivity contribution in [3.8, 4) is 38.7 Å². The summed E-state index contributed by atoms with van der Waals surface area (Å²) in [5, 5.41) is 11.2. The van der Waals surface area contributed by atoms with Gasteiger partial charge in [-0.3, -0.25) is 0 Å². The van der Waals surface area contributed by atoms with E-state index in [-0.39, 0.29) is 5.41 Å². The second-order valence-corrected chi connectivity index (χ2v) is 16.6. The summed E-state index contributed by atoms with van der Waals surface area (Å²) < 4.78 is 0. The molecule has 10 rings (SSSR count). The van der Waals surface area contributed by atoms with Crippen LogP contribution in [0.25, 0.3) is 76.8 Å². The van der Waals surface area contributed by atoms with Crippen LogP contribution in [-0.4, -0.2) is 0 Å². The quantitative estimate of drug-likeness (QED) is 0.168. The molecule has 7 aromatic carbocycles. The summed E-state index contributed by atoms with van der Waals surface area (Å²) in [6.45, 7) is 6.99. The maximum absolute atomic E-state index is 2.54. The van der Waals surface area contributed by atoms with E-state index in [0.717, 1.165) is 12.8 Å². The van der Waals surface area contributed by atoms with Gasteiger partial charge in [-0.05, 0) is 120 Å². The van der Waals surface area contributed by atoms with Crippen molar-refractivity contribution in [3.63, 3.8) is 0 Å². The molecule has 1 aromatic heterocycles. The number of fused-ring (bicyclic) bond motifs is 8. The number of rotatable bonds is 3. The molecule has 2 aliphatic carbocycles. The zero-order chi connectivity index (χ0) is 32.9. The third-order valence-electron chi connectivity index (χ3n) is 11.3. The molecule has 1 heteroatoms. The van der Waals surface area contributed by atoms with Crippen LogP contribution in [0.15, 0.2) is 140 Å². The maximum Gasteiger partial charge on any atom is 0.0159 e. The summed E-state index contributed by atoms with van der Waals surface area (Å²) in [7, 11) is -0.539. The van der Waals surface area contributed by atoms with Gasteiger partial charge in [0.15, 0.2) is 0 Å². The van der Waals surface area contributed by atoms with Crippen LogP contribution >= 0.6 is 7.53 Å². The summed E-state index contributed by atoms with van der Waals surface area (Å²) in [5.74, 6) is 0. The van der Waals surface area contributed by atoms with Gasteiger partial charge in [0.05, 0.1) is 0 Å². The van der Waals surface area contributed by atoms with E-state index in [4.69, 9.17) is 0 Å². The highest BCUT2D eigenvalue weighted by Crippen LogP contribution is 2.57. The van der Waals surface area contributed by atoms with Crippen LogP contribution in [0.4, 0.5) is 0 Å². The lowest BCUT2D eigenvalue weighted by Crippen LogP contribution is -2.14. The second kappa shape index (κ2) is 10.7. The Morgan fingerprint density at radius 2 is 1.22 bits per heavy atom. The third kappa shape index (κ3) is 4.17. The normalized spacial score (nSPS) is 14.7. The molecule has 0 fully saturated rings. The van der Waals surface area contributed by atoms with Crippen LogP contribution < -0.4 is 0 Å². The van der Waals surface area contributed by atoms with E-state index in [1.165, 1.54) is 87.4 Å². The fourth-order valence-electron chi connectivity index (χ4n) is 9.02. The van der Waals surface area contributed by atoms with Crippen molar-refractivity contribution < 1.29 is 0 Å². The minimum Gasteiger partial charge on any atom is -0.0833 e. The standard InChI is InChI=1S/C48H37P/c1-30-21-24-39-41(27-30)47(31-23-26-45-40(28-31)36-16-10-12-20-44(36)49(45)33-13-5-4-6-14-33)38-18-8-7-17-37(38)46(39)32-22-25-35-34-15-9-11-19-42(34)48(2,3)43(35)29-32/h4-9,11-15,17-29H,10,16H2,1-3H3. The van der Waals surface area contributed by atoms with Gasteiger partial charge in [-0.1, -0.05) is 154 Å². The Morgan fingerprint density at radius 3 is 2.06 bits per heavy atom. The van der Waals surface area contributed by atoms with Crippen molar-refractivity contribution in [2.45, 2.75) is 39.0 Å². The van der Waals surface area contributed by atoms with Crippen molar-refractivity contribution in [2.75, 3.05) is 0 Å². The number of aryl methyl sites for hydroxylation is 2. The Balaban J connectivity index is 1.25. The molecule has 0 saturated heterocycles. The fraction of sp³-hybridized carbons (Fsp3) is 0.125. The number of hydrogen-bond donors (Lipinski definition) is 0. The minimum absolute atomic E-state index is 0.0461. The SMILES string of the molecule is Cc1ccc2c(-c3ccc4c(c3)C(C)(C)c3ccccc3-4)c3ccccc3c(-c3ccc4c(c3)c3c(p4-c4ccccc4)C=CCC3)c2c1. The van der Waals surface area contributed by atoms with Gasteiger partial charge >= 0.3 is 0 Å². The molecule has 0 radical (unpaired) electrons. The highest BCUT2D eigenvalue weighted by Gasteiger charge is 2.35. The summed E-state index contributed by atoms with van der Waals surface area (Å²) in [6, 6.07) is 50.9. The zero-order valence-electron chi connectivity index (χ0n) is 28.2.